The summed E-state index contributed by atoms with van der Waals surface area (Å²) in [7, 11) is 1.77. The molecule has 0 aromatic carbocycles. The highest BCUT2D eigenvalue weighted by atomic mass is 32.1. The van der Waals surface area contributed by atoms with Crippen molar-refractivity contribution in [2.75, 3.05) is 20.3 Å². The van der Waals surface area contributed by atoms with Crippen molar-refractivity contribution in [1.29, 1.82) is 0 Å². The molecule has 0 bridgehead atoms. The molecule has 0 amide bonds. The molecule has 4 heteroatoms. The number of thiazole rings is 1. The summed E-state index contributed by atoms with van der Waals surface area (Å²) in [6, 6.07) is 0. The fraction of sp³-hybridized carbons (Fsp3) is 0.824. The number of nitrogens with zero attached hydrogens (tertiary/aromatic N) is 1. The van der Waals surface area contributed by atoms with E-state index in [9.17, 15) is 0 Å². The lowest BCUT2D eigenvalue weighted by atomic mass is 9.75. The number of aromatic nitrogens is 1. The van der Waals surface area contributed by atoms with Crippen LogP contribution in [0.2, 0.25) is 0 Å². The van der Waals surface area contributed by atoms with Gasteiger partial charge in [-0.15, -0.1) is 11.3 Å². The van der Waals surface area contributed by atoms with Gasteiger partial charge in [0.05, 0.1) is 17.8 Å². The van der Waals surface area contributed by atoms with Gasteiger partial charge in [0, 0.05) is 18.5 Å². The van der Waals surface area contributed by atoms with Gasteiger partial charge in [-0.05, 0) is 32.1 Å². The lowest BCUT2D eigenvalue weighted by molar-refractivity contribution is 0.143. The summed E-state index contributed by atoms with van der Waals surface area (Å²) in [4.78, 5) is 6.37. The molecule has 0 saturated heterocycles. The van der Waals surface area contributed by atoms with Crippen LogP contribution in [0.4, 0.5) is 0 Å². The van der Waals surface area contributed by atoms with E-state index in [4.69, 9.17) is 9.72 Å². The molecule has 3 nitrogen and oxygen atoms in total. The highest BCUT2D eigenvalue weighted by Crippen LogP contribution is 2.43. The van der Waals surface area contributed by atoms with Crippen LogP contribution < -0.4 is 5.32 Å². The Morgan fingerprint density at radius 1 is 1.43 bits per heavy atom. The van der Waals surface area contributed by atoms with Crippen molar-refractivity contribution in [2.24, 2.45) is 5.92 Å². The van der Waals surface area contributed by atoms with Crippen LogP contribution in [0.15, 0.2) is 0 Å². The highest BCUT2D eigenvalue weighted by molar-refractivity contribution is 7.11. The third-order valence-corrected chi connectivity index (χ3v) is 6.05. The van der Waals surface area contributed by atoms with Crippen molar-refractivity contribution in [3.8, 4) is 0 Å². The number of nitrogens with one attached hydrogen (secondary N) is 1. The zero-order valence-electron chi connectivity index (χ0n) is 14.0. The van der Waals surface area contributed by atoms with Gasteiger partial charge in [0.25, 0.3) is 0 Å². The van der Waals surface area contributed by atoms with Crippen LogP contribution >= 0.6 is 11.3 Å². The average Bonchev–Trinajstić information content (AvgIpc) is 2.89. The van der Waals surface area contributed by atoms with Crippen LogP contribution in [0.3, 0.4) is 0 Å². The summed E-state index contributed by atoms with van der Waals surface area (Å²) in [5.41, 5.74) is 1.36. The molecule has 0 aliphatic heterocycles. The normalized spacial score (nSPS) is 26.2. The third kappa shape index (κ3) is 3.85. The minimum Gasteiger partial charge on any atom is -0.383 e. The first-order chi connectivity index (χ1) is 10.1. The van der Waals surface area contributed by atoms with E-state index in [0.717, 1.165) is 25.5 Å². The topological polar surface area (TPSA) is 34.2 Å². The van der Waals surface area contributed by atoms with Gasteiger partial charge in [0.15, 0.2) is 0 Å². The first kappa shape index (κ1) is 16.9. The maximum Gasteiger partial charge on any atom is 0.113 e. The molecule has 0 spiro atoms. The second kappa shape index (κ2) is 7.70. The van der Waals surface area contributed by atoms with Gasteiger partial charge in [0.1, 0.15) is 5.01 Å². The highest BCUT2D eigenvalue weighted by Gasteiger charge is 2.39. The summed E-state index contributed by atoms with van der Waals surface area (Å²) < 4.78 is 5.24. The molecular formula is C17H30N2OS. The molecule has 120 valence electrons. The number of ether oxygens (including phenoxy) is 1. The predicted octanol–water partition coefficient (Wildman–Crippen LogP) is 4.05. The SMILES string of the molecule is CCc1nc(C2(NCCOC)CCCC(CC)C2)sc1C. The molecular weight excluding hydrogens is 280 g/mol. The Labute approximate surface area is 133 Å². The van der Waals surface area contributed by atoms with E-state index >= 15 is 0 Å². The van der Waals surface area contributed by atoms with Crippen LogP contribution in [-0.4, -0.2) is 25.2 Å². The van der Waals surface area contributed by atoms with Crippen molar-refractivity contribution in [1.82, 2.24) is 10.3 Å². The van der Waals surface area contributed by atoms with E-state index in [-0.39, 0.29) is 5.54 Å². The van der Waals surface area contributed by atoms with Crippen molar-refractivity contribution >= 4 is 11.3 Å². The van der Waals surface area contributed by atoms with Crippen LogP contribution in [-0.2, 0) is 16.7 Å². The fourth-order valence-corrected chi connectivity index (χ4v) is 4.73. The van der Waals surface area contributed by atoms with Crippen molar-refractivity contribution in [3.05, 3.63) is 15.6 Å². The number of methoxy groups -OCH3 is 1. The van der Waals surface area contributed by atoms with Crippen molar-refractivity contribution in [2.45, 2.75) is 64.8 Å². The summed E-state index contributed by atoms with van der Waals surface area (Å²) in [6.45, 7) is 8.41. The maximum atomic E-state index is 5.24. The van der Waals surface area contributed by atoms with Gasteiger partial charge >= 0.3 is 0 Å². The van der Waals surface area contributed by atoms with E-state index in [2.05, 4.69) is 26.1 Å². The standard InChI is InChI=1S/C17H30N2OS/c1-5-14-8-7-9-17(12-14,18-10-11-20-4)16-19-15(6-2)13(3)21-16/h14,18H,5-12H2,1-4H3. The minimum absolute atomic E-state index is 0.0836. The monoisotopic (exact) mass is 310 g/mol. The third-order valence-electron chi connectivity index (χ3n) is 4.84. The molecule has 1 aliphatic rings. The van der Waals surface area contributed by atoms with Crippen LogP contribution in [0, 0.1) is 12.8 Å². The second-order valence-corrected chi connectivity index (χ2v) is 7.45. The Morgan fingerprint density at radius 2 is 2.24 bits per heavy atom. The lowest BCUT2D eigenvalue weighted by Crippen LogP contribution is -2.47. The average molecular weight is 311 g/mol. The van der Waals surface area contributed by atoms with Gasteiger partial charge in [0.2, 0.25) is 0 Å². The smallest absolute Gasteiger partial charge is 0.113 e. The predicted molar refractivity (Wildman–Crippen MR) is 90.0 cm³/mol. The van der Waals surface area contributed by atoms with Gasteiger partial charge in [-0.3, -0.25) is 0 Å². The molecule has 1 heterocycles. The van der Waals surface area contributed by atoms with Gasteiger partial charge < -0.3 is 10.1 Å². The molecule has 2 atom stereocenters. The largest absolute Gasteiger partial charge is 0.383 e. The number of rotatable bonds is 7. The molecule has 2 rings (SSSR count). The molecule has 1 aromatic heterocycles. The minimum atomic E-state index is 0.0836. The summed E-state index contributed by atoms with van der Waals surface area (Å²) in [6.07, 6.45) is 7.42. The Balaban J connectivity index is 2.25. The fourth-order valence-electron chi connectivity index (χ4n) is 3.52. The Bertz CT molecular complexity index is 446. The molecule has 1 fully saturated rings. The molecule has 1 saturated carbocycles. The van der Waals surface area contributed by atoms with Gasteiger partial charge in [-0.2, -0.15) is 0 Å². The van der Waals surface area contributed by atoms with Crippen LogP contribution in [0.5, 0.6) is 0 Å². The van der Waals surface area contributed by atoms with Crippen LogP contribution in [0.1, 0.15) is 61.5 Å². The molecule has 21 heavy (non-hydrogen) atoms. The first-order valence-electron chi connectivity index (χ1n) is 8.36. The Hall–Kier alpha value is -0.450. The first-order valence-corrected chi connectivity index (χ1v) is 9.17. The zero-order valence-corrected chi connectivity index (χ0v) is 14.8. The number of aryl methyl sites for hydroxylation is 2. The summed E-state index contributed by atoms with van der Waals surface area (Å²) >= 11 is 1.90. The van der Waals surface area contributed by atoms with E-state index in [1.54, 1.807) is 7.11 Å². The molecule has 1 aromatic rings. The van der Waals surface area contributed by atoms with Crippen molar-refractivity contribution in [3.63, 3.8) is 0 Å². The van der Waals surface area contributed by atoms with Crippen molar-refractivity contribution < 1.29 is 4.74 Å². The quantitative estimate of drug-likeness (QED) is 0.772. The van der Waals surface area contributed by atoms with E-state index in [1.807, 2.05) is 11.3 Å². The molecule has 1 aliphatic carbocycles. The van der Waals surface area contributed by atoms with E-state index < -0.39 is 0 Å². The zero-order chi connectivity index (χ0) is 15.3. The molecule has 0 radical (unpaired) electrons. The number of hydrogen-bond acceptors (Lipinski definition) is 4. The Morgan fingerprint density at radius 3 is 2.86 bits per heavy atom. The summed E-state index contributed by atoms with van der Waals surface area (Å²) in [5, 5.41) is 5.12. The lowest BCUT2D eigenvalue weighted by Gasteiger charge is -2.40. The van der Waals surface area contributed by atoms with Gasteiger partial charge in [-0.25, -0.2) is 4.98 Å². The number of hydrogen-bond donors (Lipinski definition) is 1. The summed E-state index contributed by atoms with van der Waals surface area (Å²) in [5.74, 6) is 0.822. The Kier molecular flexibility index (Phi) is 6.20. The second-order valence-electron chi connectivity index (χ2n) is 6.25. The molecule has 2 unspecified atom stereocenters. The van der Waals surface area contributed by atoms with E-state index in [1.165, 1.54) is 47.7 Å². The molecule has 1 N–H and O–H groups in total. The van der Waals surface area contributed by atoms with Crippen LogP contribution in [0.25, 0.3) is 0 Å². The van der Waals surface area contributed by atoms with E-state index in [0.29, 0.717) is 0 Å². The maximum absolute atomic E-state index is 5.24. The van der Waals surface area contributed by atoms with Gasteiger partial charge in [-0.1, -0.05) is 33.1 Å².